The molecular weight excluding hydrogens is 434 g/mol. The molecule has 0 fully saturated rings. The minimum absolute atomic E-state index is 0.320. The third-order valence-corrected chi connectivity index (χ3v) is 6.90. The number of nitrogen functional groups attached to an aromatic ring is 1. The Hall–Kier alpha value is -3.26. The Balaban J connectivity index is 1.70. The van der Waals surface area contributed by atoms with Crippen LogP contribution >= 0.6 is 11.8 Å². The van der Waals surface area contributed by atoms with Crippen molar-refractivity contribution in [3.63, 3.8) is 0 Å². The number of hydrogen-bond acceptors (Lipinski definition) is 7. The van der Waals surface area contributed by atoms with Gasteiger partial charge in [-0.2, -0.15) is 0 Å². The van der Waals surface area contributed by atoms with Crippen LogP contribution in [0.25, 0.3) is 11.5 Å². The van der Waals surface area contributed by atoms with Gasteiger partial charge in [-0.1, -0.05) is 50.6 Å². The number of aromatic nitrogens is 4. The van der Waals surface area contributed by atoms with Crippen LogP contribution in [0.15, 0.2) is 64.9 Å². The molecule has 0 spiro atoms. The molecule has 4 rings (SSSR count). The maximum Gasteiger partial charge on any atom is 0.195 e. The molecule has 2 aromatic carbocycles. The second-order valence-corrected chi connectivity index (χ2v) is 8.99. The second-order valence-electron chi connectivity index (χ2n) is 7.98. The van der Waals surface area contributed by atoms with Gasteiger partial charge < -0.3 is 19.8 Å². The van der Waals surface area contributed by atoms with Crippen LogP contribution in [0.5, 0.6) is 11.5 Å². The molecule has 2 heterocycles. The zero-order valence-corrected chi connectivity index (χ0v) is 20.2. The van der Waals surface area contributed by atoms with E-state index in [2.05, 4.69) is 47.7 Å². The minimum Gasteiger partial charge on any atom is -0.497 e. The highest BCUT2D eigenvalue weighted by Crippen LogP contribution is 2.39. The molecule has 8 heteroatoms. The van der Waals surface area contributed by atoms with Crippen molar-refractivity contribution >= 4 is 17.6 Å². The van der Waals surface area contributed by atoms with E-state index in [4.69, 9.17) is 25.2 Å². The van der Waals surface area contributed by atoms with Gasteiger partial charge in [0, 0.05) is 12.5 Å². The Labute approximate surface area is 198 Å². The normalized spacial score (nSPS) is 13.1. The quantitative estimate of drug-likeness (QED) is 0.357. The minimum atomic E-state index is 0.320. The monoisotopic (exact) mass is 463 g/mol. The molecule has 0 amide bonds. The fraction of sp³-hybridized carbons (Fsp3) is 0.320. The number of rotatable bonds is 9. The van der Waals surface area contributed by atoms with Gasteiger partial charge in [0.15, 0.2) is 22.5 Å². The van der Waals surface area contributed by atoms with Gasteiger partial charge in [0.1, 0.15) is 11.5 Å². The van der Waals surface area contributed by atoms with Crippen molar-refractivity contribution in [3.8, 4) is 23.0 Å². The molecule has 2 atom stereocenters. The lowest BCUT2D eigenvalue weighted by Crippen LogP contribution is -2.19. The van der Waals surface area contributed by atoms with Gasteiger partial charge in [0.2, 0.25) is 0 Å². The summed E-state index contributed by atoms with van der Waals surface area (Å²) in [5.41, 5.74) is 8.09. The lowest BCUT2D eigenvalue weighted by molar-refractivity contribution is 0.394. The Bertz CT molecular complexity index is 1180. The zero-order valence-electron chi connectivity index (χ0n) is 19.4. The Morgan fingerprint density at radius 1 is 1.06 bits per heavy atom. The molecule has 2 aromatic rings. The number of benzene rings is 2. The SMILES string of the molecule is CCC(C)C(Cn1cnc(N)c2nc(Sc3cc(OC)ccc3OC)nc1-2)c1ccccc1. The number of nitrogens with zero attached hydrogens (tertiary/aromatic N) is 4. The number of hydrogen-bond donors (Lipinski definition) is 1. The van der Waals surface area contributed by atoms with Crippen molar-refractivity contribution in [1.29, 1.82) is 0 Å². The molecule has 33 heavy (non-hydrogen) atoms. The first kappa shape index (κ1) is 22.9. The van der Waals surface area contributed by atoms with Crippen molar-refractivity contribution in [2.75, 3.05) is 20.0 Å². The summed E-state index contributed by atoms with van der Waals surface area (Å²) in [7, 11) is 3.28. The largest absolute Gasteiger partial charge is 0.497 e. The lowest BCUT2D eigenvalue weighted by atomic mass is 9.85. The molecule has 0 bridgehead atoms. The number of imidazole rings is 1. The van der Waals surface area contributed by atoms with Gasteiger partial charge >= 0.3 is 0 Å². The number of fused-ring (bicyclic) bond motifs is 1. The van der Waals surface area contributed by atoms with Crippen LogP contribution in [0.3, 0.4) is 0 Å². The first-order valence-corrected chi connectivity index (χ1v) is 11.8. The van der Waals surface area contributed by atoms with Crippen LogP contribution in [0.4, 0.5) is 5.82 Å². The maximum atomic E-state index is 6.18. The van der Waals surface area contributed by atoms with Crippen LogP contribution in [-0.4, -0.2) is 33.7 Å². The molecule has 172 valence electrons. The van der Waals surface area contributed by atoms with E-state index in [1.807, 2.05) is 24.3 Å². The molecule has 2 aliphatic rings. The standard InChI is InChI=1S/C25H29N5O2S/c1-5-16(2)19(17-9-7-6-8-10-17)14-30-15-27-23(26)22-24(30)29-25(28-22)33-21-13-18(31-3)11-12-20(21)32-4/h6-13,15-16,19H,5,14,26H2,1-4H3. The highest BCUT2D eigenvalue weighted by Gasteiger charge is 2.24. The van der Waals surface area contributed by atoms with E-state index in [0.717, 1.165) is 35.2 Å². The van der Waals surface area contributed by atoms with Gasteiger partial charge in [-0.3, -0.25) is 0 Å². The highest BCUT2D eigenvalue weighted by atomic mass is 32.2. The number of anilines is 1. The summed E-state index contributed by atoms with van der Waals surface area (Å²) in [6.07, 6.45) is 2.85. The Kier molecular flexibility index (Phi) is 7.03. The van der Waals surface area contributed by atoms with E-state index in [1.54, 1.807) is 20.5 Å². The summed E-state index contributed by atoms with van der Waals surface area (Å²) in [6, 6.07) is 16.2. The highest BCUT2D eigenvalue weighted by molar-refractivity contribution is 7.99. The van der Waals surface area contributed by atoms with Crippen LogP contribution in [0.2, 0.25) is 0 Å². The summed E-state index contributed by atoms with van der Waals surface area (Å²) in [6.45, 7) is 5.25. The topological polar surface area (TPSA) is 88.1 Å². The Morgan fingerprint density at radius 2 is 1.85 bits per heavy atom. The number of ether oxygens (including phenoxy) is 2. The molecule has 0 aromatic heterocycles. The van der Waals surface area contributed by atoms with E-state index < -0.39 is 0 Å². The molecule has 0 saturated heterocycles. The smallest absolute Gasteiger partial charge is 0.195 e. The summed E-state index contributed by atoms with van der Waals surface area (Å²) >= 11 is 1.41. The van der Waals surface area contributed by atoms with E-state index in [-0.39, 0.29) is 0 Å². The number of methoxy groups -OCH3 is 2. The van der Waals surface area contributed by atoms with Gasteiger partial charge in [-0.15, -0.1) is 0 Å². The third kappa shape index (κ3) is 4.90. The van der Waals surface area contributed by atoms with E-state index in [9.17, 15) is 0 Å². The average Bonchev–Trinajstić information content (AvgIpc) is 3.28. The first-order chi connectivity index (χ1) is 16.0. The second kappa shape index (κ2) is 10.1. The van der Waals surface area contributed by atoms with Crippen molar-refractivity contribution in [2.45, 2.75) is 42.8 Å². The first-order valence-electron chi connectivity index (χ1n) is 11.0. The van der Waals surface area contributed by atoms with Crippen LogP contribution in [-0.2, 0) is 6.54 Å². The van der Waals surface area contributed by atoms with Crippen LogP contribution in [0.1, 0.15) is 31.7 Å². The molecule has 0 aliphatic carbocycles. The van der Waals surface area contributed by atoms with Crippen molar-refractivity contribution < 1.29 is 9.47 Å². The van der Waals surface area contributed by atoms with E-state index in [1.165, 1.54) is 17.3 Å². The summed E-state index contributed by atoms with van der Waals surface area (Å²) in [4.78, 5) is 14.8. The fourth-order valence-corrected chi connectivity index (χ4v) is 4.78. The predicted octanol–water partition coefficient (Wildman–Crippen LogP) is 5.36. The molecular formula is C25H29N5O2S. The Morgan fingerprint density at radius 3 is 2.55 bits per heavy atom. The van der Waals surface area contributed by atoms with Gasteiger partial charge in [-0.05, 0) is 41.4 Å². The fourth-order valence-electron chi connectivity index (χ4n) is 3.89. The molecule has 0 radical (unpaired) electrons. The van der Waals surface area contributed by atoms with Crippen molar-refractivity contribution in [3.05, 3.63) is 60.4 Å². The summed E-state index contributed by atoms with van der Waals surface area (Å²) < 4.78 is 12.9. The van der Waals surface area contributed by atoms with Crippen molar-refractivity contribution in [1.82, 2.24) is 19.5 Å². The maximum absolute atomic E-state index is 6.18. The molecule has 2 aliphatic heterocycles. The summed E-state index contributed by atoms with van der Waals surface area (Å²) in [5.74, 6) is 3.39. The van der Waals surface area contributed by atoms with Gasteiger partial charge in [0.25, 0.3) is 0 Å². The number of nitrogens with two attached hydrogens (primary N) is 1. The average molecular weight is 464 g/mol. The van der Waals surface area contributed by atoms with E-state index in [0.29, 0.717) is 28.5 Å². The van der Waals surface area contributed by atoms with Gasteiger partial charge in [-0.25, -0.2) is 15.0 Å². The predicted molar refractivity (Wildman–Crippen MR) is 131 cm³/mol. The van der Waals surface area contributed by atoms with Gasteiger partial charge in [0.05, 0.1) is 25.4 Å². The molecule has 2 unspecified atom stereocenters. The van der Waals surface area contributed by atoms with Crippen molar-refractivity contribution in [2.24, 2.45) is 5.92 Å². The molecule has 7 nitrogen and oxygen atoms in total. The lowest BCUT2D eigenvalue weighted by Gasteiger charge is -2.25. The zero-order chi connectivity index (χ0) is 23.4. The molecule has 2 N–H and O–H groups in total. The third-order valence-electron chi connectivity index (χ3n) is 6.00. The molecule has 0 saturated carbocycles. The van der Waals surface area contributed by atoms with Crippen LogP contribution in [0, 0.1) is 5.92 Å². The summed E-state index contributed by atoms with van der Waals surface area (Å²) in [5, 5.41) is 0.588. The van der Waals surface area contributed by atoms with Crippen LogP contribution < -0.4 is 15.2 Å². The van der Waals surface area contributed by atoms with E-state index >= 15 is 0 Å².